The van der Waals surface area contributed by atoms with Crippen LogP contribution in [-0.2, 0) is 11.2 Å². The molecule has 5 nitrogen and oxygen atoms in total. The number of nitrogens with zero attached hydrogens (tertiary/aromatic N) is 3. The van der Waals surface area contributed by atoms with Gasteiger partial charge in [-0.3, -0.25) is 0 Å². The van der Waals surface area contributed by atoms with Crippen molar-refractivity contribution in [2.24, 2.45) is 0 Å². The molecule has 0 saturated carbocycles. The Balaban J connectivity index is 1.29. The van der Waals surface area contributed by atoms with E-state index in [4.69, 9.17) is 4.74 Å². The fourth-order valence-electron chi connectivity index (χ4n) is 3.42. The molecule has 0 unspecified atom stereocenters. The second-order valence-corrected chi connectivity index (χ2v) is 6.33. The molecule has 2 aromatic heterocycles. The van der Waals surface area contributed by atoms with Gasteiger partial charge in [-0.1, -0.05) is 24.3 Å². The summed E-state index contributed by atoms with van der Waals surface area (Å²) in [4.78, 5) is 12.8. The lowest BCUT2D eigenvalue weighted by Crippen LogP contribution is -2.15. The van der Waals surface area contributed by atoms with Crippen molar-refractivity contribution >= 4 is 16.9 Å². The van der Waals surface area contributed by atoms with Gasteiger partial charge in [-0.15, -0.1) is 0 Å². The summed E-state index contributed by atoms with van der Waals surface area (Å²) in [5.41, 5.74) is 3.53. The van der Waals surface area contributed by atoms with Crippen LogP contribution in [0.25, 0.3) is 11.0 Å². The zero-order valence-corrected chi connectivity index (χ0v) is 14.2. The summed E-state index contributed by atoms with van der Waals surface area (Å²) in [5, 5.41) is 4.32. The summed E-state index contributed by atoms with van der Waals surface area (Å²) in [7, 11) is 0. The minimum Gasteiger partial charge on any atom is -0.373 e. The molecule has 3 aromatic rings. The third kappa shape index (κ3) is 3.61. The highest BCUT2D eigenvalue weighted by Gasteiger charge is 2.19. The Morgan fingerprint density at radius 3 is 3.04 bits per heavy atom. The van der Waals surface area contributed by atoms with Crippen molar-refractivity contribution in [1.82, 2.24) is 15.0 Å². The number of nitrogens with one attached hydrogen (secondary N) is 1. The lowest BCUT2D eigenvalue weighted by molar-refractivity contribution is 0.0406. The first kappa shape index (κ1) is 16.0. The van der Waals surface area contributed by atoms with Gasteiger partial charge in [-0.25, -0.2) is 15.0 Å². The van der Waals surface area contributed by atoms with Crippen molar-refractivity contribution in [3.8, 4) is 0 Å². The Morgan fingerprint density at radius 2 is 2.04 bits per heavy atom. The molecule has 128 valence electrons. The van der Waals surface area contributed by atoms with Gasteiger partial charge in [0.05, 0.1) is 11.5 Å². The molecule has 5 heteroatoms. The van der Waals surface area contributed by atoms with E-state index in [-0.39, 0.29) is 6.10 Å². The molecule has 1 atom stereocenters. The fraction of sp³-hybridized carbons (Fsp3) is 0.350. The Hall–Kier alpha value is -2.53. The predicted molar refractivity (Wildman–Crippen MR) is 98.5 cm³/mol. The molecule has 1 aliphatic rings. The summed E-state index contributed by atoms with van der Waals surface area (Å²) in [6, 6.07) is 12.5. The normalized spacial score (nSPS) is 16.6. The number of benzene rings is 1. The SMILES string of the molecule is c1ccc2c(c1)CCC[C@H]2OCCCNc1ncnc2ncccc12. The van der Waals surface area contributed by atoms with Crippen molar-refractivity contribution in [3.63, 3.8) is 0 Å². The van der Waals surface area contributed by atoms with Crippen molar-refractivity contribution < 1.29 is 4.74 Å². The minimum atomic E-state index is 0.244. The first-order chi connectivity index (χ1) is 12.4. The maximum atomic E-state index is 6.15. The molecule has 0 aliphatic heterocycles. The van der Waals surface area contributed by atoms with Gasteiger partial charge in [0.25, 0.3) is 0 Å². The maximum absolute atomic E-state index is 6.15. The van der Waals surface area contributed by atoms with Crippen LogP contribution in [0, 0.1) is 0 Å². The molecule has 0 bridgehead atoms. The van der Waals surface area contributed by atoms with E-state index in [9.17, 15) is 0 Å². The number of aryl methyl sites for hydroxylation is 1. The van der Waals surface area contributed by atoms with Crippen LogP contribution >= 0.6 is 0 Å². The highest BCUT2D eigenvalue weighted by Crippen LogP contribution is 2.32. The summed E-state index contributed by atoms with van der Waals surface area (Å²) in [6.45, 7) is 1.56. The van der Waals surface area contributed by atoms with Gasteiger partial charge >= 0.3 is 0 Å². The smallest absolute Gasteiger partial charge is 0.164 e. The van der Waals surface area contributed by atoms with E-state index < -0.39 is 0 Å². The predicted octanol–water partition coefficient (Wildman–Crippen LogP) is 3.92. The van der Waals surface area contributed by atoms with Crippen LogP contribution in [0.15, 0.2) is 48.9 Å². The number of hydrogen-bond acceptors (Lipinski definition) is 5. The Kier molecular flexibility index (Phi) is 4.84. The van der Waals surface area contributed by atoms with Crippen LogP contribution in [-0.4, -0.2) is 28.1 Å². The van der Waals surface area contributed by atoms with Gasteiger partial charge in [0.15, 0.2) is 5.65 Å². The van der Waals surface area contributed by atoms with Crippen molar-refractivity contribution in [2.75, 3.05) is 18.5 Å². The second kappa shape index (κ2) is 7.57. The van der Waals surface area contributed by atoms with E-state index in [0.29, 0.717) is 0 Å². The number of hydrogen-bond donors (Lipinski definition) is 1. The van der Waals surface area contributed by atoms with E-state index in [1.807, 2.05) is 12.1 Å². The van der Waals surface area contributed by atoms with Gasteiger partial charge in [0, 0.05) is 19.3 Å². The van der Waals surface area contributed by atoms with E-state index in [1.54, 1.807) is 12.5 Å². The number of pyridine rings is 1. The molecule has 0 fully saturated rings. The summed E-state index contributed by atoms with van der Waals surface area (Å²) >= 11 is 0. The topological polar surface area (TPSA) is 59.9 Å². The van der Waals surface area contributed by atoms with Crippen LogP contribution < -0.4 is 5.32 Å². The summed E-state index contributed by atoms with van der Waals surface area (Å²) in [5.74, 6) is 0.834. The number of aromatic nitrogens is 3. The summed E-state index contributed by atoms with van der Waals surface area (Å²) < 4.78 is 6.15. The summed E-state index contributed by atoms with van der Waals surface area (Å²) in [6.07, 6.45) is 7.97. The molecular formula is C20H22N4O. The lowest BCUT2D eigenvalue weighted by atomic mass is 9.89. The zero-order valence-electron chi connectivity index (χ0n) is 14.2. The first-order valence-corrected chi connectivity index (χ1v) is 8.91. The number of ether oxygens (including phenoxy) is 1. The van der Waals surface area contributed by atoms with E-state index in [1.165, 1.54) is 24.0 Å². The van der Waals surface area contributed by atoms with Gasteiger partial charge in [0.1, 0.15) is 12.1 Å². The average Bonchev–Trinajstić information content (AvgIpc) is 2.68. The molecule has 0 spiro atoms. The Bertz CT molecular complexity index is 846. The van der Waals surface area contributed by atoms with Crippen LogP contribution in [0.2, 0.25) is 0 Å². The molecule has 0 radical (unpaired) electrons. The molecule has 1 aromatic carbocycles. The van der Waals surface area contributed by atoms with Crippen LogP contribution in [0.5, 0.6) is 0 Å². The molecule has 2 heterocycles. The van der Waals surface area contributed by atoms with E-state index in [2.05, 4.69) is 44.5 Å². The third-order valence-electron chi connectivity index (χ3n) is 4.66. The zero-order chi connectivity index (χ0) is 16.9. The fourth-order valence-corrected chi connectivity index (χ4v) is 3.42. The Labute approximate surface area is 147 Å². The number of anilines is 1. The van der Waals surface area contributed by atoms with Crippen LogP contribution in [0.4, 0.5) is 5.82 Å². The quantitative estimate of drug-likeness (QED) is 0.692. The second-order valence-electron chi connectivity index (χ2n) is 6.33. The average molecular weight is 334 g/mol. The van der Waals surface area contributed by atoms with Gasteiger partial charge in [0.2, 0.25) is 0 Å². The molecule has 1 N–H and O–H groups in total. The standard InChI is InChI=1S/C20H22N4O/c1-2-8-16-15(6-1)7-3-10-18(16)25-13-5-12-22-20-17-9-4-11-21-19(17)23-14-24-20/h1-2,4,6,8-9,11,14,18H,3,5,7,10,12-13H2,(H,21,22,23,24)/t18-/m1/s1. The van der Waals surface area contributed by atoms with Crippen molar-refractivity contribution in [3.05, 3.63) is 60.0 Å². The molecule has 0 amide bonds. The first-order valence-electron chi connectivity index (χ1n) is 8.91. The highest BCUT2D eigenvalue weighted by molar-refractivity contribution is 5.85. The highest BCUT2D eigenvalue weighted by atomic mass is 16.5. The monoisotopic (exact) mass is 334 g/mol. The van der Waals surface area contributed by atoms with E-state index >= 15 is 0 Å². The molecule has 0 saturated heterocycles. The largest absolute Gasteiger partial charge is 0.373 e. The lowest BCUT2D eigenvalue weighted by Gasteiger charge is -2.25. The Morgan fingerprint density at radius 1 is 1.08 bits per heavy atom. The van der Waals surface area contributed by atoms with Gasteiger partial charge in [-0.2, -0.15) is 0 Å². The number of fused-ring (bicyclic) bond motifs is 2. The van der Waals surface area contributed by atoms with Gasteiger partial charge < -0.3 is 10.1 Å². The van der Waals surface area contributed by atoms with Crippen LogP contribution in [0.1, 0.15) is 36.5 Å². The van der Waals surface area contributed by atoms with Crippen LogP contribution in [0.3, 0.4) is 0 Å². The molecule has 1 aliphatic carbocycles. The molecule has 25 heavy (non-hydrogen) atoms. The number of rotatable bonds is 6. The minimum absolute atomic E-state index is 0.244. The van der Waals surface area contributed by atoms with Crippen molar-refractivity contribution in [1.29, 1.82) is 0 Å². The van der Waals surface area contributed by atoms with Gasteiger partial charge in [-0.05, 0) is 48.9 Å². The van der Waals surface area contributed by atoms with E-state index in [0.717, 1.165) is 42.8 Å². The maximum Gasteiger partial charge on any atom is 0.164 e. The molecule has 4 rings (SSSR count). The van der Waals surface area contributed by atoms with Crippen molar-refractivity contribution in [2.45, 2.75) is 31.8 Å². The third-order valence-corrected chi connectivity index (χ3v) is 4.66. The molecular weight excluding hydrogens is 312 g/mol.